The van der Waals surface area contributed by atoms with Gasteiger partial charge in [0.25, 0.3) is 0 Å². The molecule has 1 heterocycles. The summed E-state index contributed by atoms with van der Waals surface area (Å²) in [7, 11) is 1.44. The molecule has 5 nitrogen and oxygen atoms in total. The molecular weight excluding hydrogens is 429 g/mol. The van der Waals surface area contributed by atoms with Gasteiger partial charge < -0.3 is 14.2 Å². The Morgan fingerprint density at radius 2 is 1.86 bits per heavy atom. The number of pyridine rings is 1. The Kier molecular flexibility index (Phi) is 6.73. The van der Waals surface area contributed by atoms with Gasteiger partial charge in [0.1, 0.15) is 23.9 Å². The van der Waals surface area contributed by atoms with Gasteiger partial charge >= 0.3 is 0 Å². The molecule has 3 rings (SSSR count). The predicted octanol–water partition coefficient (Wildman–Crippen LogP) is 4.78. The quantitative estimate of drug-likeness (QED) is 0.369. The molecule has 0 saturated carbocycles. The van der Waals surface area contributed by atoms with Crippen molar-refractivity contribution in [3.63, 3.8) is 0 Å². The number of carbonyl (C=O) groups excluding carboxylic acids is 1. The Morgan fingerprint density at radius 3 is 2.61 bits per heavy atom. The first-order valence-electron chi connectivity index (χ1n) is 8.37. The fraction of sp³-hybridized carbons (Fsp3) is 0.143. The summed E-state index contributed by atoms with van der Waals surface area (Å²) in [4.78, 5) is 17.3. The lowest BCUT2D eigenvalue weighted by molar-refractivity contribution is 0.0501. The largest absolute Gasteiger partial charge is 0.486 e. The number of methoxy groups -OCH3 is 1. The van der Waals surface area contributed by atoms with Gasteiger partial charge in [-0.25, -0.2) is 9.37 Å². The zero-order valence-corrected chi connectivity index (χ0v) is 16.6. The third kappa shape index (κ3) is 4.74. The van der Waals surface area contributed by atoms with E-state index >= 15 is 0 Å². The van der Waals surface area contributed by atoms with Gasteiger partial charge in [-0.2, -0.15) is 0 Å². The smallest absolute Gasteiger partial charge is 0.218 e. The number of benzene rings is 2. The van der Waals surface area contributed by atoms with Crippen molar-refractivity contribution in [3.8, 4) is 11.5 Å². The van der Waals surface area contributed by atoms with E-state index in [2.05, 4.69) is 20.9 Å². The summed E-state index contributed by atoms with van der Waals surface area (Å²) < 4.78 is 30.1. The Bertz CT molecular complexity index is 966. The molecule has 0 radical (unpaired) electrons. The van der Waals surface area contributed by atoms with E-state index in [-0.39, 0.29) is 34.9 Å². The van der Waals surface area contributed by atoms with Crippen molar-refractivity contribution < 1.29 is 23.4 Å². The first kappa shape index (κ1) is 20.0. The first-order valence-corrected chi connectivity index (χ1v) is 9.16. The van der Waals surface area contributed by atoms with E-state index in [1.807, 2.05) is 30.3 Å². The van der Waals surface area contributed by atoms with Crippen molar-refractivity contribution in [1.82, 2.24) is 4.98 Å². The number of carbonyl (C=O) groups is 1. The van der Waals surface area contributed by atoms with Gasteiger partial charge in [0, 0.05) is 19.4 Å². The zero-order chi connectivity index (χ0) is 19.9. The minimum atomic E-state index is -0.552. The summed E-state index contributed by atoms with van der Waals surface area (Å²) in [5, 5.41) is 0. The van der Waals surface area contributed by atoms with Gasteiger partial charge in [-0.05, 0) is 39.7 Å². The monoisotopic (exact) mass is 445 g/mol. The van der Waals surface area contributed by atoms with Crippen molar-refractivity contribution in [2.24, 2.45) is 0 Å². The van der Waals surface area contributed by atoms with Crippen LogP contribution in [0.5, 0.6) is 11.5 Å². The molecule has 7 heteroatoms. The molecule has 0 saturated heterocycles. The van der Waals surface area contributed by atoms with E-state index in [9.17, 15) is 9.18 Å². The second-order valence-corrected chi connectivity index (χ2v) is 6.62. The van der Waals surface area contributed by atoms with Gasteiger partial charge in [-0.15, -0.1) is 0 Å². The van der Waals surface area contributed by atoms with E-state index in [1.54, 1.807) is 12.1 Å². The van der Waals surface area contributed by atoms with Crippen LogP contribution in [0.4, 0.5) is 4.39 Å². The molecule has 0 spiro atoms. The van der Waals surface area contributed by atoms with E-state index in [0.29, 0.717) is 5.75 Å². The highest BCUT2D eigenvalue weighted by molar-refractivity contribution is 9.10. The van der Waals surface area contributed by atoms with Crippen LogP contribution < -0.4 is 9.47 Å². The lowest BCUT2D eigenvalue weighted by Crippen LogP contribution is -2.11. The number of aromatic nitrogens is 1. The second-order valence-electron chi connectivity index (χ2n) is 5.77. The molecule has 0 atom stereocenters. The number of hydrogen-bond donors (Lipinski definition) is 0. The highest BCUT2D eigenvalue weighted by Crippen LogP contribution is 2.30. The molecule has 1 aromatic heterocycles. The lowest BCUT2D eigenvalue weighted by atomic mass is 10.1. The summed E-state index contributed by atoms with van der Waals surface area (Å²) in [6.45, 7) is 0.161. The summed E-state index contributed by atoms with van der Waals surface area (Å²) in [5.74, 6) is -0.610. The third-order valence-corrected chi connectivity index (χ3v) is 4.43. The molecule has 0 aliphatic carbocycles. The third-order valence-electron chi connectivity index (χ3n) is 3.82. The van der Waals surface area contributed by atoms with Crippen molar-refractivity contribution in [2.75, 3.05) is 13.9 Å². The normalized spacial score (nSPS) is 10.5. The Labute approximate surface area is 170 Å². The number of halogens is 2. The summed E-state index contributed by atoms with van der Waals surface area (Å²) in [6, 6.07) is 15.4. The van der Waals surface area contributed by atoms with Gasteiger partial charge in [0.2, 0.25) is 5.78 Å². The number of hydrogen-bond acceptors (Lipinski definition) is 5. The minimum Gasteiger partial charge on any atom is -0.486 e. The average Bonchev–Trinajstić information content (AvgIpc) is 2.73. The molecule has 0 aliphatic heterocycles. The summed E-state index contributed by atoms with van der Waals surface area (Å²) in [5.41, 5.74) is 1.21. The number of nitrogens with zero attached hydrogens (tertiary/aromatic N) is 1. The van der Waals surface area contributed by atoms with Gasteiger partial charge in [-0.3, -0.25) is 4.79 Å². The maximum atomic E-state index is 13.9. The lowest BCUT2D eigenvalue weighted by Gasteiger charge is -2.13. The number of ether oxygens (including phenoxy) is 3. The fourth-order valence-electron chi connectivity index (χ4n) is 2.49. The van der Waals surface area contributed by atoms with Crippen molar-refractivity contribution in [3.05, 3.63) is 87.9 Å². The number of rotatable bonds is 8. The van der Waals surface area contributed by atoms with Crippen LogP contribution in [0.15, 0.2) is 65.3 Å². The first-order chi connectivity index (χ1) is 13.6. The summed E-state index contributed by atoms with van der Waals surface area (Å²) >= 11 is 3.10. The van der Waals surface area contributed by atoms with Crippen LogP contribution in [-0.4, -0.2) is 24.7 Å². The van der Waals surface area contributed by atoms with E-state index < -0.39 is 11.6 Å². The van der Waals surface area contributed by atoms with Gasteiger partial charge in [0.05, 0.1) is 10.0 Å². The fourth-order valence-corrected chi connectivity index (χ4v) is 2.83. The molecule has 0 N–H and O–H groups in total. The van der Waals surface area contributed by atoms with Crippen LogP contribution in [0.25, 0.3) is 0 Å². The maximum absolute atomic E-state index is 13.9. The molecule has 144 valence electrons. The highest BCUT2D eigenvalue weighted by atomic mass is 79.9. The van der Waals surface area contributed by atoms with E-state index in [0.717, 1.165) is 11.6 Å². The van der Waals surface area contributed by atoms with E-state index in [1.165, 1.54) is 19.4 Å². The molecule has 0 unspecified atom stereocenters. The highest BCUT2D eigenvalue weighted by Gasteiger charge is 2.22. The van der Waals surface area contributed by atoms with Gasteiger partial charge in [-0.1, -0.05) is 30.3 Å². The molecular formula is C21H17BrFNO4. The number of ketones is 1. The van der Waals surface area contributed by atoms with E-state index in [4.69, 9.17) is 14.2 Å². The molecule has 0 aliphatic rings. The summed E-state index contributed by atoms with van der Waals surface area (Å²) in [6.07, 6.45) is 1.50. The van der Waals surface area contributed by atoms with Crippen LogP contribution in [0.3, 0.4) is 0 Å². The molecule has 0 amide bonds. The van der Waals surface area contributed by atoms with Crippen LogP contribution in [-0.2, 0) is 11.3 Å². The Balaban J connectivity index is 1.91. The van der Waals surface area contributed by atoms with Crippen LogP contribution in [0.2, 0.25) is 0 Å². The molecule has 2 aromatic carbocycles. The standard InChI is InChI=1S/C21H17BrFNO4/c1-26-13-28-19-11-17(23)16(22)10-15(19)21(25)20-18(8-5-9-24-20)27-12-14-6-3-2-4-7-14/h2-11H,12-13H2,1H3. The van der Waals surface area contributed by atoms with Crippen molar-refractivity contribution >= 4 is 21.7 Å². The van der Waals surface area contributed by atoms with Crippen molar-refractivity contribution in [1.29, 1.82) is 0 Å². The SMILES string of the molecule is COCOc1cc(F)c(Br)cc1C(=O)c1ncccc1OCc1ccccc1. The Morgan fingerprint density at radius 1 is 1.07 bits per heavy atom. The molecule has 3 aromatic rings. The predicted molar refractivity (Wildman–Crippen MR) is 105 cm³/mol. The molecule has 0 fully saturated rings. The Hall–Kier alpha value is -2.77. The maximum Gasteiger partial charge on any atom is 0.218 e. The molecule has 28 heavy (non-hydrogen) atoms. The van der Waals surface area contributed by atoms with Crippen molar-refractivity contribution in [2.45, 2.75) is 6.61 Å². The minimum absolute atomic E-state index is 0.0622. The van der Waals surface area contributed by atoms with Crippen LogP contribution in [0, 0.1) is 5.82 Å². The molecule has 0 bridgehead atoms. The average molecular weight is 446 g/mol. The van der Waals surface area contributed by atoms with Crippen LogP contribution in [0.1, 0.15) is 21.6 Å². The second kappa shape index (κ2) is 9.43. The zero-order valence-electron chi connectivity index (χ0n) is 15.0. The topological polar surface area (TPSA) is 57.7 Å². The van der Waals surface area contributed by atoms with Crippen LogP contribution >= 0.6 is 15.9 Å². The van der Waals surface area contributed by atoms with Gasteiger partial charge in [0.15, 0.2) is 12.5 Å².